The van der Waals surface area contributed by atoms with E-state index in [9.17, 15) is 0 Å². The summed E-state index contributed by atoms with van der Waals surface area (Å²) in [4.78, 5) is 4.72. The molecule has 4 aromatic carbocycles. The highest BCUT2D eigenvalue weighted by molar-refractivity contribution is 6.10. The van der Waals surface area contributed by atoms with Gasteiger partial charge in [-0.15, -0.1) is 0 Å². The molecule has 1 aliphatic heterocycles. The minimum atomic E-state index is 0.233. The van der Waals surface area contributed by atoms with Crippen LogP contribution in [0.4, 0.5) is 11.4 Å². The van der Waals surface area contributed by atoms with Gasteiger partial charge in [-0.2, -0.15) is 0 Å². The van der Waals surface area contributed by atoms with E-state index in [1.807, 2.05) is 121 Å². The second kappa shape index (κ2) is 14.3. The van der Waals surface area contributed by atoms with Crippen LogP contribution in [0.15, 0.2) is 134 Å². The summed E-state index contributed by atoms with van der Waals surface area (Å²) in [5, 5.41) is 9.64. The molecule has 5 heteroatoms. The molecule has 5 rings (SSSR count). The molecule has 1 aliphatic rings. The number of nitrogens with one attached hydrogen (secondary N) is 1. The van der Waals surface area contributed by atoms with Crippen molar-refractivity contribution >= 4 is 17.1 Å². The molecular formula is C36H45N5. The van der Waals surface area contributed by atoms with Crippen LogP contribution in [0, 0.1) is 5.41 Å². The summed E-state index contributed by atoms with van der Waals surface area (Å²) in [6.45, 7) is 14.4. The molecule has 1 heterocycles. The molecule has 4 aromatic rings. The van der Waals surface area contributed by atoms with E-state index in [0.29, 0.717) is 5.71 Å². The first kappa shape index (κ1) is 31.2. The van der Waals surface area contributed by atoms with Crippen LogP contribution < -0.4 is 10.9 Å². The van der Waals surface area contributed by atoms with Gasteiger partial charge in [-0.3, -0.25) is 10.4 Å². The minimum absolute atomic E-state index is 0.233. The number of nitrogens with zero attached hydrogens (tertiary/aromatic N) is 3. The average Bonchev–Trinajstić information content (AvgIpc) is 3.52. The molecule has 3 N–H and O–H groups in total. The topological polar surface area (TPSA) is 59.6 Å². The summed E-state index contributed by atoms with van der Waals surface area (Å²) in [6.07, 6.45) is 4.37. The summed E-state index contributed by atoms with van der Waals surface area (Å²) < 4.78 is 0. The van der Waals surface area contributed by atoms with Crippen molar-refractivity contribution in [1.29, 1.82) is 5.41 Å². The Morgan fingerprint density at radius 1 is 0.561 bits per heavy atom. The summed E-state index contributed by atoms with van der Waals surface area (Å²) in [6, 6.07) is 39.3. The molecule has 0 saturated carbocycles. The normalized spacial score (nSPS) is 12.6. The molecule has 0 amide bonds. The fourth-order valence-electron chi connectivity index (χ4n) is 3.99. The molecule has 0 aliphatic carbocycles. The third kappa shape index (κ3) is 9.66. The molecule has 214 valence electrons. The van der Waals surface area contributed by atoms with Gasteiger partial charge in [0.15, 0.2) is 0 Å². The number of rotatable bonds is 4. The Bertz CT molecular complexity index is 1240. The van der Waals surface area contributed by atoms with Crippen molar-refractivity contribution in [2.45, 2.75) is 52.6 Å². The van der Waals surface area contributed by atoms with E-state index < -0.39 is 0 Å². The zero-order valence-electron chi connectivity index (χ0n) is 25.3. The Balaban J connectivity index is 0.000000169. The summed E-state index contributed by atoms with van der Waals surface area (Å²) in [5.41, 5.74) is 4.92. The fraction of sp³-hybridized carbons (Fsp3) is 0.250. The molecular weight excluding hydrogens is 502 g/mol. The van der Waals surface area contributed by atoms with E-state index in [4.69, 9.17) is 11.3 Å². The first-order valence-electron chi connectivity index (χ1n) is 14.0. The number of hydrazine groups is 1. The van der Waals surface area contributed by atoms with Crippen molar-refractivity contribution in [3.63, 3.8) is 0 Å². The molecule has 0 bridgehead atoms. The maximum atomic E-state index is 7.97. The van der Waals surface area contributed by atoms with E-state index in [0.717, 1.165) is 29.2 Å². The van der Waals surface area contributed by atoms with Crippen LogP contribution >= 0.6 is 0 Å². The van der Waals surface area contributed by atoms with E-state index in [2.05, 4.69) is 63.7 Å². The monoisotopic (exact) mass is 547 g/mol. The molecule has 0 spiro atoms. The van der Waals surface area contributed by atoms with Crippen LogP contribution in [0.1, 0.15) is 52.7 Å². The zero-order chi connectivity index (χ0) is 29.9. The number of para-hydroxylation sites is 2. The van der Waals surface area contributed by atoms with Crippen LogP contribution in [0.25, 0.3) is 0 Å². The number of hydrogen-bond acceptors (Lipinski definition) is 5. The lowest BCUT2D eigenvalue weighted by atomic mass is 10.0. The predicted octanol–water partition coefficient (Wildman–Crippen LogP) is 8.43. The average molecular weight is 548 g/mol. The van der Waals surface area contributed by atoms with Gasteiger partial charge in [-0.25, -0.2) is 5.84 Å². The van der Waals surface area contributed by atoms with Gasteiger partial charge in [0.2, 0.25) is 0 Å². The van der Waals surface area contributed by atoms with Crippen molar-refractivity contribution in [3.05, 3.63) is 145 Å². The van der Waals surface area contributed by atoms with E-state index in [-0.39, 0.29) is 11.1 Å². The summed E-state index contributed by atoms with van der Waals surface area (Å²) in [7, 11) is 0. The van der Waals surface area contributed by atoms with Gasteiger partial charge < -0.3 is 9.80 Å². The van der Waals surface area contributed by atoms with E-state index >= 15 is 0 Å². The van der Waals surface area contributed by atoms with Crippen LogP contribution in [0.2, 0.25) is 0 Å². The molecule has 0 fully saturated rings. The van der Waals surface area contributed by atoms with Gasteiger partial charge in [0.1, 0.15) is 0 Å². The van der Waals surface area contributed by atoms with Crippen LogP contribution in [-0.4, -0.2) is 33.3 Å². The molecule has 0 radical (unpaired) electrons. The van der Waals surface area contributed by atoms with Gasteiger partial charge in [-0.1, -0.05) is 97.1 Å². The van der Waals surface area contributed by atoms with Crippen LogP contribution in [0.5, 0.6) is 0 Å². The number of benzene rings is 4. The first-order valence-corrected chi connectivity index (χ1v) is 14.0. The SMILES string of the molecule is CC(C)(C)N1C=CN(C(C)(C)C)C1.N=C(c1ccccc1)c1ccccc1.NN(c1ccccc1)c1ccccc1. The largest absolute Gasteiger partial charge is 0.354 e. The Morgan fingerprint density at radius 3 is 1.12 bits per heavy atom. The maximum absolute atomic E-state index is 7.97. The molecule has 0 aromatic heterocycles. The van der Waals surface area contributed by atoms with Crippen molar-refractivity contribution in [2.75, 3.05) is 11.7 Å². The van der Waals surface area contributed by atoms with E-state index in [1.165, 1.54) is 0 Å². The molecule has 0 atom stereocenters. The first-order chi connectivity index (χ1) is 19.5. The Kier molecular flexibility index (Phi) is 10.9. The summed E-state index contributed by atoms with van der Waals surface area (Å²) >= 11 is 0. The quantitative estimate of drug-likeness (QED) is 0.153. The number of nitrogens with two attached hydrogens (primary N) is 1. The van der Waals surface area contributed by atoms with Gasteiger partial charge in [0, 0.05) is 23.5 Å². The minimum Gasteiger partial charge on any atom is -0.354 e. The van der Waals surface area contributed by atoms with Crippen molar-refractivity contribution in [2.24, 2.45) is 5.84 Å². The van der Waals surface area contributed by atoms with Gasteiger partial charge in [0.05, 0.1) is 23.8 Å². The lowest BCUT2D eigenvalue weighted by Crippen LogP contribution is -2.44. The Hall–Kier alpha value is -4.35. The Morgan fingerprint density at radius 2 is 0.854 bits per heavy atom. The van der Waals surface area contributed by atoms with Crippen molar-refractivity contribution < 1.29 is 0 Å². The van der Waals surface area contributed by atoms with E-state index in [1.54, 1.807) is 5.01 Å². The molecule has 41 heavy (non-hydrogen) atoms. The van der Waals surface area contributed by atoms with Crippen molar-refractivity contribution in [1.82, 2.24) is 9.80 Å². The fourth-order valence-corrected chi connectivity index (χ4v) is 3.99. The lowest BCUT2D eigenvalue weighted by molar-refractivity contribution is 0.110. The number of hydrogen-bond donors (Lipinski definition) is 2. The highest BCUT2D eigenvalue weighted by atomic mass is 15.4. The smallest absolute Gasteiger partial charge is 0.0903 e. The van der Waals surface area contributed by atoms with Crippen LogP contribution in [0.3, 0.4) is 0 Å². The predicted molar refractivity (Wildman–Crippen MR) is 175 cm³/mol. The van der Waals surface area contributed by atoms with Crippen LogP contribution in [-0.2, 0) is 0 Å². The highest BCUT2D eigenvalue weighted by Gasteiger charge is 2.28. The molecule has 0 saturated heterocycles. The molecule has 0 unspecified atom stereocenters. The van der Waals surface area contributed by atoms with Gasteiger partial charge in [-0.05, 0) is 76.9 Å². The highest BCUT2D eigenvalue weighted by Crippen LogP contribution is 2.24. The van der Waals surface area contributed by atoms with Crippen molar-refractivity contribution in [3.8, 4) is 0 Å². The Labute approximate surface area is 247 Å². The van der Waals surface area contributed by atoms with Gasteiger partial charge >= 0.3 is 0 Å². The third-order valence-electron chi connectivity index (χ3n) is 6.65. The second-order valence-electron chi connectivity index (χ2n) is 11.9. The zero-order valence-corrected chi connectivity index (χ0v) is 25.3. The second-order valence-corrected chi connectivity index (χ2v) is 11.9. The van der Waals surface area contributed by atoms with Gasteiger partial charge in [0.25, 0.3) is 0 Å². The number of anilines is 2. The third-order valence-corrected chi connectivity index (χ3v) is 6.65. The summed E-state index contributed by atoms with van der Waals surface area (Å²) in [5.74, 6) is 5.95. The lowest BCUT2D eigenvalue weighted by Gasteiger charge is -2.38. The maximum Gasteiger partial charge on any atom is 0.0903 e. The standard InChI is InChI=1S/C13H11N.C12H12N2.C11H22N2/c14-13(11-7-3-1-4-8-11)12-9-5-2-6-10-12;13-14(11-7-3-1-4-8-11)12-9-5-2-6-10-12;1-10(2,3)12-7-8-13(9-12)11(4,5)6/h1-10,14H;1-10H,13H2;7-8H,9H2,1-6H3. The molecule has 5 nitrogen and oxygen atoms in total.